The van der Waals surface area contributed by atoms with E-state index >= 15 is 0 Å². The van der Waals surface area contributed by atoms with E-state index in [1.165, 1.54) is 31.2 Å². The summed E-state index contributed by atoms with van der Waals surface area (Å²) < 4.78 is 13.5. The molecule has 0 amide bonds. The standard InChI is InChI=1S/C18H27FN2/c1-3-17-11-20-18(8-4-5-9-18)13-21(17)12-15-10-16(19)7-6-14(15)2/h6-7,10,17,20H,3-5,8-9,11-13H2,1-2H3. The minimum atomic E-state index is -0.116. The zero-order chi connectivity index (χ0) is 14.9. The maximum Gasteiger partial charge on any atom is 0.123 e. The molecule has 0 aromatic heterocycles. The van der Waals surface area contributed by atoms with Gasteiger partial charge in [-0.2, -0.15) is 0 Å². The number of halogens is 1. The highest BCUT2D eigenvalue weighted by atomic mass is 19.1. The molecule has 1 saturated heterocycles. The second kappa shape index (κ2) is 6.05. The summed E-state index contributed by atoms with van der Waals surface area (Å²) in [6.45, 7) is 7.41. The van der Waals surface area contributed by atoms with Crippen molar-refractivity contribution in [2.75, 3.05) is 13.1 Å². The molecule has 1 heterocycles. The minimum Gasteiger partial charge on any atom is -0.308 e. The lowest BCUT2D eigenvalue weighted by Crippen LogP contribution is -2.62. The van der Waals surface area contributed by atoms with Gasteiger partial charge in [-0.25, -0.2) is 4.39 Å². The van der Waals surface area contributed by atoms with Crippen LogP contribution in [0.25, 0.3) is 0 Å². The highest BCUT2D eigenvalue weighted by Gasteiger charge is 2.40. The van der Waals surface area contributed by atoms with Crippen LogP contribution < -0.4 is 5.32 Å². The molecule has 2 fully saturated rings. The van der Waals surface area contributed by atoms with Gasteiger partial charge in [0.1, 0.15) is 5.82 Å². The summed E-state index contributed by atoms with van der Waals surface area (Å²) in [5, 5.41) is 3.82. The molecule has 0 bridgehead atoms. The van der Waals surface area contributed by atoms with Crippen LogP contribution in [0.2, 0.25) is 0 Å². The Hall–Kier alpha value is -0.930. The van der Waals surface area contributed by atoms with Crippen LogP contribution in [-0.2, 0) is 6.54 Å². The third-order valence-corrected chi connectivity index (χ3v) is 5.45. The Morgan fingerprint density at radius 3 is 2.81 bits per heavy atom. The van der Waals surface area contributed by atoms with Gasteiger partial charge in [-0.05, 0) is 49.4 Å². The van der Waals surface area contributed by atoms with Gasteiger partial charge in [0.2, 0.25) is 0 Å². The second-order valence-electron chi connectivity index (χ2n) is 6.91. The summed E-state index contributed by atoms with van der Waals surface area (Å²) in [5.74, 6) is -0.116. The second-order valence-corrected chi connectivity index (χ2v) is 6.91. The number of aryl methyl sites for hydroxylation is 1. The Bertz CT molecular complexity index is 494. The molecule has 0 radical (unpaired) electrons. The van der Waals surface area contributed by atoms with E-state index in [2.05, 4.69) is 24.1 Å². The predicted octanol–water partition coefficient (Wildman–Crippen LogP) is 3.63. The topological polar surface area (TPSA) is 15.3 Å². The van der Waals surface area contributed by atoms with Crippen molar-refractivity contribution >= 4 is 0 Å². The van der Waals surface area contributed by atoms with Gasteiger partial charge in [-0.3, -0.25) is 4.90 Å². The largest absolute Gasteiger partial charge is 0.308 e. The van der Waals surface area contributed by atoms with Crippen molar-refractivity contribution in [1.82, 2.24) is 10.2 Å². The molecule has 1 aromatic carbocycles. The molecule has 1 atom stereocenters. The number of piperazine rings is 1. The van der Waals surface area contributed by atoms with Crippen molar-refractivity contribution in [3.05, 3.63) is 35.1 Å². The van der Waals surface area contributed by atoms with Crippen LogP contribution in [0.5, 0.6) is 0 Å². The lowest BCUT2D eigenvalue weighted by atomic mass is 9.91. The SMILES string of the molecule is CCC1CNC2(CCCC2)CN1Cc1cc(F)ccc1C. The Kier molecular flexibility index (Phi) is 4.32. The first-order valence-electron chi connectivity index (χ1n) is 8.36. The maximum atomic E-state index is 13.5. The average molecular weight is 290 g/mol. The fourth-order valence-electron chi connectivity index (χ4n) is 4.04. The van der Waals surface area contributed by atoms with E-state index in [4.69, 9.17) is 0 Å². The molecule has 3 heteroatoms. The summed E-state index contributed by atoms with van der Waals surface area (Å²) in [4.78, 5) is 2.59. The molecular weight excluding hydrogens is 263 g/mol. The molecule has 2 aliphatic rings. The Morgan fingerprint density at radius 2 is 2.10 bits per heavy atom. The Labute approximate surface area is 127 Å². The highest BCUT2D eigenvalue weighted by Crippen LogP contribution is 2.34. The molecular formula is C18H27FN2. The predicted molar refractivity (Wildman–Crippen MR) is 84.8 cm³/mol. The molecule has 2 nitrogen and oxygen atoms in total. The normalized spacial score (nSPS) is 25.6. The van der Waals surface area contributed by atoms with E-state index in [9.17, 15) is 4.39 Å². The maximum absolute atomic E-state index is 13.5. The molecule has 1 N–H and O–H groups in total. The fraction of sp³-hybridized carbons (Fsp3) is 0.667. The molecule has 1 spiro atoms. The molecule has 1 saturated carbocycles. The zero-order valence-corrected chi connectivity index (χ0v) is 13.3. The lowest BCUT2D eigenvalue weighted by Gasteiger charge is -2.46. The number of hydrogen-bond donors (Lipinski definition) is 1. The first-order valence-corrected chi connectivity index (χ1v) is 8.36. The number of nitrogens with one attached hydrogen (secondary N) is 1. The van der Waals surface area contributed by atoms with E-state index in [0.717, 1.165) is 31.6 Å². The van der Waals surface area contributed by atoms with Gasteiger partial charge in [0.25, 0.3) is 0 Å². The van der Waals surface area contributed by atoms with Crippen molar-refractivity contribution in [3.8, 4) is 0 Å². The van der Waals surface area contributed by atoms with Gasteiger partial charge >= 0.3 is 0 Å². The monoisotopic (exact) mass is 290 g/mol. The number of hydrogen-bond acceptors (Lipinski definition) is 2. The third-order valence-electron chi connectivity index (χ3n) is 5.45. The molecule has 21 heavy (non-hydrogen) atoms. The smallest absolute Gasteiger partial charge is 0.123 e. The zero-order valence-electron chi connectivity index (χ0n) is 13.3. The summed E-state index contributed by atoms with van der Waals surface area (Å²) >= 11 is 0. The summed E-state index contributed by atoms with van der Waals surface area (Å²) in [6, 6.07) is 5.75. The van der Waals surface area contributed by atoms with Crippen LogP contribution in [0.1, 0.15) is 50.2 Å². The first-order chi connectivity index (χ1) is 10.1. The quantitative estimate of drug-likeness (QED) is 0.914. The first kappa shape index (κ1) is 15.0. The van der Waals surface area contributed by atoms with Gasteiger partial charge in [-0.1, -0.05) is 25.8 Å². The number of benzene rings is 1. The molecule has 116 valence electrons. The van der Waals surface area contributed by atoms with E-state index in [1.807, 2.05) is 6.07 Å². The number of rotatable bonds is 3. The molecule has 1 aromatic rings. The minimum absolute atomic E-state index is 0.116. The van der Waals surface area contributed by atoms with Crippen LogP contribution in [0, 0.1) is 12.7 Å². The van der Waals surface area contributed by atoms with Crippen LogP contribution in [0.4, 0.5) is 4.39 Å². The summed E-state index contributed by atoms with van der Waals surface area (Å²) in [5.41, 5.74) is 2.67. The van der Waals surface area contributed by atoms with Crippen molar-refractivity contribution in [1.29, 1.82) is 0 Å². The van der Waals surface area contributed by atoms with E-state index in [0.29, 0.717) is 11.6 Å². The molecule has 3 rings (SSSR count). The highest BCUT2D eigenvalue weighted by molar-refractivity contribution is 5.26. The van der Waals surface area contributed by atoms with E-state index in [1.54, 1.807) is 12.1 Å². The molecule has 1 aliphatic heterocycles. The van der Waals surface area contributed by atoms with Crippen molar-refractivity contribution in [3.63, 3.8) is 0 Å². The van der Waals surface area contributed by atoms with Gasteiger partial charge < -0.3 is 5.32 Å². The van der Waals surface area contributed by atoms with Crippen molar-refractivity contribution < 1.29 is 4.39 Å². The Balaban J connectivity index is 1.78. The van der Waals surface area contributed by atoms with E-state index in [-0.39, 0.29) is 5.82 Å². The summed E-state index contributed by atoms with van der Waals surface area (Å²) in [6.07, 6.45) is 6.43. The third kappa shape index (κ3) is 3.14. The van der Waals surface area contributed by atoms with Gasteiger partial charge in [0.15, 0.2) is 0 Å². The van der Waals surface area contributed by atoms with Crippen LogP contribution in [0.3, 0.4) is 0 Å². The van der Waals surface area contributed by atoms with Crippen LogP contribution in [-0.4, -0.2) is 29.6 Å². The molecule has 1 unspecified atom stereocenters. The summed E-state index contributed by atoms with van der Waals surface area (Å²) in [7, 11) is 0. The van der Waals surface area contributed by atoms with Crippen LogP contribution in [0.15, 0.2) is 18.2 Å². The Morgan fingerprint density at radius 1 is 1.33 bits per heavy atom. The van der Waals surface area contributed by atoms with Crippen molar-refractivity contribution in [2.45, 2.75) is 64.1 Å². The number of nitrogens with zero attached hydrogens (tertiary/aromatic N) is 1. The van der Waals surface area contributed by atoms with Gasteiger partial charge in [0, 0.05) is 31.2 Å². The van der Waals surface area contributed by atoms with Gasteiger partial charge in [0.05, 0.1) is 0 Å². The average Bonchev–Trinajstić information content (AvgIpc) is 2.91. The fourth-order valence-corrected chi connectivity index (χ4v) is 4.04. The lowest BCUT2D eigenvalue weighted by molar-refractivity contribution is 0.0716. The van der Waals surface area contributed by atoms with Gasteiger partial charge in [-0.15, -0.1) is 0 Å². The van der Waals surface area contributed by atoms with Crippen molar-refractivity contribution in [2.24, 2.45) is 0 Å². The molecule has 1 aliphatic carbocycles. The van der Waals surface area contributed by atoms with E-state index < -0.39 is 0 Å². The van der Waals surface area contributed by atoms with Crippen LogP contribution >= 0.6 is 0 Å².